The van der Waals surface area contributed by atoms with Crippen molar-refractivity contribution in [2.24, 2.45) is 0 Å². The van der Waals surface area contributed by atoms with Gasteiger partial charge in [0.15, 0.2) is 0 Å². The van der Waals surface area contributed by atoms with Crippen molar-refractivity contribution in [2.75, 3.05) is 26.2 Å². The van der Waals surface area contributed by atoms with Gasteiger partial charge in [-0.1, -0.05) is 24.3 Å². The molecule has 92 valence electrons. The topological polar surface area (TPSA) is 15.3 Å². The average Bonchev–Trinajstić information content (AvgIpc) is 2.32. The Balaban J connectivity index is 1.82. The van der Waals surface area contributed by atoms with Gasteiger partial charge in [-0.25, -0.2) is 4.39 Å². The Labute approximate surface area is 102 Å². The van der Waals surface area contributed by atoms with E-state index in [9.17, 15) is 4.39 Å². The van der Waals surface area contributed by atoms with Crippen LogP contribution in [0.5, 0.6) is 0 Å². The number of hydrogen-bond donors (Lipinski definition) is 1. The third kappa shape index (κ3) is 3.95. The van der Waals surface area contributed by atoms with Gasteiger partial charge in [0, 0.05) is 32.2 Å². The first kappa shape index (κ1) is 12.3. The first-order chi connectivity index (χ1) is 8.24. The summed E-state index contributed by atoms with van der Waals surface area (Å²) in [5.41, 5.74) is 1.05. The molecule has 1 N–H and O–H groups in total. The fourth-order valence-electron chi connectivity index (χ4n) is 2.09. The predicted octanol–water partition coefficient (Wildman–Crippen LogP) is 2.13. The van der Waals surface area contributed by atoms with Crippen molar-refractivity contribution in [2.45, 2.75) is 13.0 Å². The molecule has 0 aliphatic carbocycles. The van der Waals surface area contributed by atoms with Crippen LogP contribution in [0.3, 0.4) is 0 Å². The van der Waals surface area contributed by atoms with E-state index in [4.69, 9.17) is 0 Å². The second kappa shape index (κ2) is 5.94. The normalized spacial score (nSPS) is 22.1. The summed E-state index contributed by atoms with van der Waals surface area (Å²) in [6.45, 7) is 6.41. The van der Waals surface area contributed by atoms with Crippen LogP contribution in [0.1, 0.15) is 12.5 Å². The molecule has 1 aliphatic rings. The Bertz CT molecular complexity index is 372. The van der Waals surface area contributed by atoms with Gasteiger partial charge in [-0.05, 0) is 24.6 Å². The Morgan fingerprint density at radius 1 is 1.41 bits per heavy atom. The lowest BCUT2D eigenvalue weighted by Crippen LogP contribution is -2.49. The monoisotopic (exact) mass is 234 g/mol. The van der Waals surface area contributed by atoms with Crippen molar-refractivity contribution in [3.8, 4) is 0 Å². The van der Waals surface area contributed by atoms with Crippen LogP contribution < -0.4 is 5.32 Å². The summed E-state index contributed by atoms with van der Waals surface area (Å²) in [4.78, 5) is 2.42. The minimum Gasteiger partial charge on any atom is -0.312 e. The highest BCUT2D eigenvalue weighted by Gasteiger charge is 2.13. The Morgan fingerprint density at radius 2 is 2.18 bits per heavy atom. The molecule has 0 bridgehead atoms. The number of piperazine rings is 1. The molecule has 0 radical (unpaired) electrons. The van der Waals surface area contributed by atoms with Gasteiger partial charge in [0.2, 0.25) is 0 Å². The van der Waals surface area contributed by atoms with E-state index < -0.39 is 0 Å². The minimum atomic E-state index is -0.182. The summed E-state index contributed by atoms with van der Waals surface area (Å²) in [6, 6.07) is 7.15. The summed E-state index contributed by atoms with van der Waals surface area (Å²) in [6.07, 6.45) is 4.19. The molecule has 1 saturated heterocycles. The minimum absolute atomic E-state index is 0.182. The number of rotatable bonds is 3. The molecule has 1 heterocycles. The molecule has 1 aliphatic heterocycles. The lowest BCUT2D eigenvalue weighted by atomic mass is 10.2. The fraction of sp³-hybridized carbons (Fsp3) is 0.429. The molecule has 3 heteroatoms. The van der Waals surface area contributed by atoms with Crippen molar-refractivity contribution in [1.82, 2.24) is 10.2 Å². The lowest BCUT2D eigenvalue weighted by Gasteiger charge is -2.30. The molecule has 0 saturated carbocycles. The average molecular weight is 234 g/mol. The zero-order valence-electron chi connectivity index (χ0n) is 10.2. The SMILES string of the molecule is C[C@@H]1CN(C/C=C/c2ccc(F)cc2)CCN1. The zero-order chi connectivity index (χ0) is 12.1. The van der Waals surface area contributed by atoms with Gasteiger partial charge in [-0.3, -0.25) is 4.90 Å². The van der Waals surface area contributed by atoms with Crippen LogP contribution in [0.2, 0.25) is 0 Å². The number of nitrogens with zero attached hydrogens (tertiary/aromatic N) is 1. The quantitative estimate of drug-likeness (QED) is 0.862. The van der Waals surface area contributed by atoms with Crippen molar-refractivity contribution in [1.29, 1.82) is 0 Å². The third-order valence-corrected chi connectivity index (χ3v) is 3.00. The summed E-state index contributed by atoms with van der Waals surface area (Å²) in [5.74, 6) is -0.182. The molecule has 1 atom stereocenters. The molecular weight excluding hydrogens is 215 g/mol. The van der Waals surface area contributed by atoms with E-state index >= 15 is 0 Å². The van der Waals surface area contributed by atoms with Crippen LogP contribution in [0.15, 0.2) is 30.3 Å². The second-order valence-corrected chi connectivity index (χ2v) is 4.57. The highest BCUT2D eigenvalue weighted by molar-refractivity contribution is 5.48. The van der Waals surface area contributed by atoms with Gasteiger partial charge in [0.1, 0.15) is 5.82 Å². The molecule has 17 heavy (non-hydrogen) atoms. The summed E-state index contributed by atoms with van der Waals surface area (Å²) in [5, 5.41) is 3.42. The van der Waals surface area contributed by atoms with Crippen molar-refractivity contribution < 1.29 is 4.39 Å². The molecule has 0 unspecified atom stereocenters. The number of benzene rings is 1. The summed E-state index contributed by atoms with van der Waals surface area (Å²) < 4.78 is 12.7. The van der Waals surface area contributed by atoms with Crippen LogP contribution in [0, 0.1) is 5.82 Å². The van der Waals surface area contributed by atoms with Crippen molar-refractivity contribution in [3.63, 3.8) is 0 Å². The maximum atomic E-state index is 12.7. The Kier molecular flexibility index (Phi) is 4.29. The van der Waals surface area contributed by atoms with Gasteiger partial charge in [0.25, 0.3) is 0 Å². The molecule has 2 nitrogen and oxygen atoms in total. The first-order valence-electron chi connectivity index (χ1n) is 6.12. The van der Waals surface area contributed by atoms with Crippen LogP contribution in [-0.4, -0.2) is 37.1 Å². The largest absolute Gasteiger partial charge is 0.312 e. The molecule has 0 amide bonds. The second-order valence-electron chi connectivity index (χ2n) is 4.57. The van der Waals surface area contributed by atoms with Crippen molar-refractivity contribution in [3.05, 3.63) is 41.7 Å². The number of halogens is 1. The van der Waals surface area contributed by atoms with E-state index in [0.717, 1.165) is 31.7 Å². The van der Waals surface area contributed by atoms with Gasteiger partial charge in [0.05, 0.1) is 0 Å². The molecule has 1 aromatic rings. The highest BCUT2D eigenvalue weighted by atomic mass is 19.1. The maximum Gasteiger partial charge on any atom is 0.123 e. The fourth-order valence-corrected chi connectivity index (χ4v) is 2.09. The van der Waals surface area contributed by atoms with E-state index in [1.54, 1.807) is 12.1 Å². The lowest BCUT2D eigenvalue weighted by molar-refractivity contribution is 0.227. The third-order valence-electron chi connectivity index (χ3n) is 3.00. The van der Waals surface area contributed by atoms with Crippen LogP contribution in [-0.2, 0) is 0 Å². The molecule has 1 fully saturated rings. The van der Waals surface area contributed by atoms with Gasteiger partial charge in [-0.15, -0.1) is 0 Å². The summed E-state index contributed by atoms with van der Waals surface area (Å²) in [7, 11) is 0. The summed E-state index contributed by atoms with van der Waals surface area (Å²) >= 11 is 0. The van der Waals surface area contributed by atoms with Gasteiger partial charge in [-0.2, -0.15) is 0 Å². The van der Waals surface area contributed by atoms with Crippen molar-refractivity contribution >= 4 is 6.08 Å². The predicted molar refractivity (Wildman–Crippen MR) is 69.3 cm³/mol. The Hall–Kier alpha value is -1.19. The molecule has 2 rings (SSSR count). The van der Waals surface area contributed by atoms with Crippen LogP contribution in [0.25, 0.3) is 6.08 Å². The van der Waals surface area contributed by atoms with E-state index in [-0.39, 0.29) is 5.82 Å². The smallest absolute Gasteiger partial charge is 0.123 e. The molecule has 1 aromatic carbocycles. The van der Waals surface area contributed by atoms with Crippen LogP contribution >= 0.6 is 0 Å². The van der Waals surface area contributed by atoms with E-state index in [1.165, 1.54) is 12.1 Å². The van der Waals surface area contributed by atoms with E-state index in [2.05, 4.69) is 23.2 Å². The molecular formula is C14H19FN2. The first-order valence-corrected chi connectivity index (χ1v) is 6.12. The van der Waals surface area contributed by atoms with E-state index in [1.807, 2.05) is 6.08 Å². The van der Waals surface area contributed by atoms with E-state index in [0.29, 0.717) is 6.04 Å². The van der Waals surface area contributed by atoms with Gasteiger partial charge >= 0.3 is 0 Å². The van der Waals surface area contributed by atoms with Crippen LogP contribution in [0.4, 0.5) is 4.39 Å². The zero-order valence-corrected chi connectivity index (χ0v) is 10.2. The highest BCUT2D eigenvalue weighted by Crippen LogP contribution is 2.05. The maximum absolute atomic E-state index is 12.7. The number of hydrogen-bond acceptors (Lipinski definition) is 2. The van der Waals surface area contributed by atoms with Gasteiger partial charge < -0.3 is 5.32 Å². The standard InChI is InChI=1S/C14H19FN2/c1-12-11-17(10-8-16-12)9-2-3-13-4-6-14(15)7-5-13/h2-7,12,16H,8-11H2,1H3/b3-2+/t12-/m1/s1. The molecule has 0 aromatic heterocycles. The number of nitrogens with one attached hydrogen (secondary N) is 1. The Morgan fingerprint density at radius 3 is 2.88 bits per heavy atom. The molecule has 0 spiro atoms.